The zero-order valence-corrected chi connectivity index (χ0v) is 17.9. The van der Waals surface area contributed by atoms with E-state index in [0.29, 0.717) is 0 Å². The number of hydrogen-bond acceptors (Lipinski definition) is 3. The average Bonchev–Trinajstić information content (AvgIpc) is 3.20. The van der Waals surface area contributed by atoms with Crippen molar-refractivity contribution in [3.8, 4) is 0 Å². The lowest BCUT2D eigenvalue weighted by Gasteiger charge is -2.41. The molecule has 1 aromatic heterocycles. The van der Waals surface area contributed by atoms with Crippen molar-refractivity contribution in [2.45, 2.75) is 33.7 Å². The normalized spacial score (nSPS) is 17.2. The highest BCUT2D eigenvalue weighted by Gasteiger charge is 2.42. The molecule has 2 aromatic carbocycles. The first kappa shape index (κ1) is 19.4. The molecular formula is C24H24N2O2S. The summed E-state index contributed by atoms with van der Waals surface area (Å²) < 4.78 is 0. The van der Waals surface area contributed by atoms with Gasteiger partial charge in [-0.1, -0.05) is 29.8 Å². The van der Waals surface area contributed by atoms with Crippen molar-refractivity contribution in [1.29, 1.82) is 0 Å². The summed E-state index contributed by atoms with van der Waals surface area (Å²) in [6.07, 6.45) is 0. The summed E-state index contributed by atoms with van der Waals surface area (Å²) in [5.41, 5.74) is 6.71. The Morgan fingerprint density at radius 1 is 0.931 bits per heavy atom. The molecule has 0 aliphatic carbocycles. The Kier molecular flexibility index (Phi) is 5.01. The van der Waals surface area contributed by atoms with Crippen LogP contribution in [-0.4, -0.2) is 18.4 Å². The fourth-order valence-corrected chi connectivity index (χ4v) is 4.67. The number of carbonyl (C=O) groups excluding carboxylic acids is 2. The molecule has 3 aromatic rings. The highest BCUT2D eigenvalue weighted by Crippen LogP contribution is 2.37. The van der Waals surface area contributed by atoms with Gasteiger partial charge in [0.15, 0.2) is 0 Å². The predicted octanol–water partition coefficient (Wildman–Crippen LogP) is 5.10. The topological polar surface area (TPSA) is 40.6 Å². The van der Waals surface area contributed by atoms with Gasteiger partial charge < -0.3 is 4.90 Å². The third-order valence-electron chi connectivity index (χ3n) is 5.66. The van der Waals surface area contributed by atoms with Gasteiger partial charge in [0.2, 0.25) is 5.91 Å². The number of carbonyl (C=O) groups is 2. The number of anilines is 2. The van der Waals surface area contributed by atoms with Gasteiger partial charge >= 0.3 is 0 Å². The van der Waals surface area contributed by atoms with E-state index in [1.165, 1.54) is 11.3 Å². The van der Waals surface area contributed by atoms with E-state index in [1.54, 1.807) is 9.80 Å². The molecule has 0 radical (unpaired) electrons. The molecule has 0 saturated carbocycles. The molecule has 4 rings (SSSR count). The Hall–Kier alpha value is -2.92. The Bertz CT molecular complexity index is 1090. The lowest BCUT2D eigenvalue weighted by molar-refractivity contribution is -0.128. The molecule has 5 heteroatoms. The maximum atomic E-state index is 13.7. The Morgan fingerprint density at radius 3 is 2.41 bits per heavy atom. The molecule has 2 heterocycles. The van der Waals surface area contributed by atoms with E-state index >= 15 is 0 Å². The van der Waals surface area contributed by atoms with Gasteiger partial charge in [0.1, 0.15) is 12.6 Å². The summed E-state index contributed by atoms with van der Waals surface area (Å²) in [7, 11) is 0. The SMILES string of the molecule is Cc1ccc(N2C(=O)CN(c3cccc(C)c3C)C(=O)[C@H]2c2ccsc2)c(C)c1. The fourth-order valence-electron chi connectivity index (χ4n) is 3.99. The van der Waals surface area contributed by atoms with Gasteiger partial charge in [0.05, 0.1) is 0 Å². The first-order valence-corrected chi connectivity index (χ1v) is 10.6. The third-order valence-corrected chi connectivity index (χ3v) is 6.36. The first-order chi connectivity index (χ1) is 13.9. The van der Waals surface area contributed by atoms with Crippen LogP contribution in [0.4, 0.5) is 11.4 Å². The van der Waals surface area contributed by atoms with Gasteiger partial charge in [-0.05, 0) is 78.9 Å². The minimum absolute atomic E-state index is 0.0388. The third kappa shape index (κ3) is 3.36. The molecule has 1 aliphatic heterocycles. The lowest BCUT2D eigenvalue weighted by Crippen LogP contribution is -2.56. The van der Waals surface area contributed by atoms with Crippen molar-refractivity contribution in [2.24, 2.45) is 0 Å². The van der Waals surface area contributed by atoms with Gasteiger partial charge in [0, 0.05) is 11.4 Å². The minimum atomic E-state index is -0.663. The molecule has 0 bridgehead atoms. The number of piperazine rings is 1. The van der Waals surface area contributed by atoms with Crippen LogP contribution in [0, 0.1) is 27.7 Å². The molecule has 1 saturated heterocycles. The quantitative estimate of drug-likeness (QED) is 0.609. The highest BCUT2D eigenvalue weighted by atomic mass is 32.1. The van der Waals surface area contributed by atoms with Crippen LogP contribution in [0.3, 0.4) is 0 Å². The largest absolute Gasteiger partial charge is 0.301 e. The number of amides is 2. The van der Waals surface area contributed by atoms with Crippen molar-refractivity contribution >= 4 is 34.5 Å². The molecule has 0 N–H and O–H groups in total. The number of hydrogen-bond donors (Lipinski definition) is 0. The van der Waals surface area contributed by atoms with Crippen LogP contribution < -0.4 is 9.80 Å². The van der Waals surface area contributed by atoms with Crippen LogP contribution >= 0.6 is 11.3 Å². The van der Waals surface area contributed by atoms with Gasteiger partial charge in [0.25, 0.3) is 5.91 Å². The van der Waals surface area contributed by atoms with Gasteiger partial charge in [-0.3, -0.25) is 14.5 Å². The second-order valence-electron chi connectivity index (χ2n) is 7.66. The number of nitrogens with zero attached hydrogens (tertiary/aromatic N) is 2. The zero-order valence-electron chi connectivity index (χ0n) is 17.1. The molecule has 2 amide bonds. The van der Waals surface area contributed by atoms with Gasteiger partial charge in [-0.2, -0.15) is 11.3 Å². The predicted molar refractivity (Wildman–Crippen MR) is 119 cm³/mol. The lowest BCUT2D eigenvalue weighted by atomic mass is 9.99. The van der Waals surface area contributed by atoms with E-state index in [0.717, 1.165) is 39.2 Å². The molecule has 1 aliphatic rings. The summed E-state index contributed by atoms with van der Waals surface area (Å²) in [6.45, 7) is 8.07. The summed E-state index contributed by atoms with van der Waals surface area (Å²) in [5.74, 6) is -0.148. The molecule has 0 unspecified atom stereocenters. The van der Waals surface area contributed by atoms with E-state index in [1.807, 2.05) is 74.9 Å². The van der Waals surface area contributed by atoms with E-state index < -0.39 is 6.04 Å². The van der Waals surface area contributed by atoms with Crippen molar-refractivity contribution in [3.63, 3.8) is 0 Å². The molecule has 4 nitrogen and oxygen atoms in total. The van der Waals surface area contributed by atoms with E-state index in [-0.39, 0.29) is 18.4 Å². The molecule has 0 spiro atoms. The second-order valence-corrected chi connectivity index (χ2v) is 8.44. The van der Waals surface area contributed by atoms with E-state index in [9.17, 15) is 9.59 Å². The first-order valence-electron chi connectivity index (χ1n) is 9.67. The average molecular weight is 405 g/mol. The Balaban J connectivity index is 1.84. The molecular weight excluding hydrogens is 380 g/mol. The Labute approximate surface area is 175 Å². The summed E-state index contributed by atoms with van der Waals surface area (Å²) in [4.78, 5) is 30.5. The minimum Gasteiger partial charge on any atom is -0.301 e. The highest BCUT2D eigenvalue weighted by molar-refractivity contribution is 7.08. The summed E-state index contributed by atoms with van der Waals surface area (Å²) in [6, 6.07) is 13.1. The summed E-state index contributed by atoms with van der Waals surface area (Å²) >= 11 is 1.53. The number of rotatable bonds is 3. The second kappa shape index (κ2) is 7.48. The number of aryl methyl sites for hydroxylation is 3. The number of benzene rings is 2. The smallest absolute Gasteiger partial charge is 0.255 e. The summed E-state index contributed by atoms with van der Waals surface area (Å²) in [5, 5.41) is 3.91. The Morgan fingerprint density at radius 2 is 1.72 bits per heavy atom. The zero-order chi connectivity index (χ0) is 20.7. The molecule has 1 fully saturated rings. The molecule has 148 valence electrons. The standard InChI is InChI=1S/C24H24N2O2S/c1-15-8-9-20(17(3)12-15)26-22(27)13-25(21-7-5-6-16(2)18(21)4)24(28)23(26)19-10-11-29-14-19/h5-12,14,23H,13H2,1-4H3/t23-/m1/s1. The molecule has 1 atom stereocenters. The van der Waals surface area contributed by atoms with E-state index in [4.69, 9.17) is 0 Å². The monoisotopic (exact) mass is 404 g/mol. The maximum absolute atomic E-state index is 13.7. The van der Waals surface area contributed by atoms with Crippen molar-refractivity contribution in [1.82, 2.24) is 0 Å². The fraction of sp³-hybridized carbons (Fsp3) is 0.250. The van der Waals surface area contributed by atoms with Crippen LogP contribution in [0.2, 0.25) is 0 Å². The molecule has 29 heavy (non-hydrogen) atoms. The van der Waals surface area contributed by atoms with Crippen LogP contribution in [0.5, 0.6) is 0 Å². The van der Waals surface area contributed by atoms with Crippen LogP contribution in [0.1, 0.15) is 33.9 Å². The van der Waals surface area contributed by atoms with E-state index in [2.05, 4.69) is 6.07 Å². The van der Waals surface area contributed by atoms with Crippen molar-refractivity contribution in [2.75, 3.05) is 16.3 Å². The van der Waals surface area contributed by atoms with Crippen LogP contribution in [0.25, 0.3) is 0 Å². The van der Waals surface area contributed by atoms with Crippen molar-refractivity contribution in [3.05, 3.63) is 81.0 Å². The maximum Gasteiger partial charge on any atom is 0.255 e. The van der Waals surface area contributed by atoms with Gasteiger partial charge in [-0.25, -0.2) is 0 Å². The van der Waals surface area contributed by atoms with Gasteiger partial charge in [-0.15, -0.1) is 0 Å². The number of thiophene rings is 1. The van der Waals surface area contributed by atoms with Crippen molar-refractivity contribution < 1.29 is 9.59 Å². The van der Waals surface area contributed by atoms with Crippen LogP contribution in [-0.2, 0) is 9.59 Å². The van der Waals surface area contributed by atoms with Crippen LogP contribution in [0.15, 0.2) is 53.2 Å².